The molecule has 0 aliphatic carbocycles. The molecule has 2 aromatic heterocycles. The number of benzene rings is 1. The highest BCUT2D eigenvalue weighted by molar-refractivity contribution is 5.84. The lowest BCUT2D eigenvalue weighted by Crippen LogP contribution is -2.13. The number of aliphatic hydroxyl groups excluding tert-OH is 1. The molecule has 0 bridgehead atoms. The van der Waals surface area contributed by atoms with Crippen LogP contribution in [0.25, 0.3) is 11.2 Å². The van der Waals surface area contributed by atoms with Crippen molar-refractivity contribution in [1.29, 1.82) is 0 Å². The van der Waals surface area contributed by atoms with Gasteiger partial charge in [0.15, 0.2) is 17.0 Å². The van der Waals surface area contributed by atoms with Crippen LogP contribution in [-0.2, 0) is 6.54 Å². The van der Waals surface area contributed by atoms with E-state index < -0.39 is 11.6 Å². The number of halogens is 2. The molecule has 3 aromatic rings. The lowest BCUT2D eigenvalue weighted by Gasteiger charge is -2.11. The van der Waals surface area contributed by atoms with Crippen molar-refractivity contribution in [1.82, 2.24) is 19.5 Å². The molecule has 10 heteroatoms. The number of rotatable bonds is 9. The van der Waals surface area contributed by atoms with Gasteiger partial charge in [-0.2, -0.15) is 9.97 Å². The second-order valence-electron chi connectivity index (χ2n) is 6.14. The first-order chi connectivity index (χ1) is 13.5. The average molecular weight is 392 g/mol. The van der Waals surface area contributed by atoms with Crippen LogP contribution in [0.3, 0.4) is 0 Å². The van der Waals surface area contributed by atoms with Crippen LogP contribution in [0.4, 0.5) is 20.5 Å². The number of ether oxygens (including phenoxy) is 1. The number of aromatic nitrogens is 4. The number of nitrogens with one attached hydrogen (secondary N) is 1. The molecule has 0 saturated heterocycles. The number of fused-ring (bicyclic) bond motifs is 1. The summed E-state index contributed by atoms with van der Waals surface area (Å²) in [5.74, 6) is -1.01. The van der Waals surface area contributed by atoms with Gasteiger partial charge < -0.3 is 20.9 Å². The molecule has 4 N–H and O–H groups in total. The van der Waals surface area contributed by atoms with Crippen molar-refractivity contribution in [2.75, 3.05) is 30.8 Å². The molecular weight excluding hydrogens is 370 g/mol. The molecular formula is C18H22F2N6O2. The SMILES string of the molecule is CCCCOc1nc(N)c2nc(NCCO)n(Cc3c(F)cccc3F)c2n1. The third-order valence-corrected chi connectivity index (χ3v) is 4.10. The molecule has 28 heavy (non-hydrogen) atoms. The zero-order valence-corrected chi connectivity index (χ0v) is 15.5. The normalized spacial score (nSPS) is 11.1. The Hall–Kier alpha value is -3.01. The van der Waals surface area contributed by atoms with Crippen molar-refractivity contribution in [3.63, 3.8) is 0 Å². The first-order valence-electron chi connectivity index (χ1n) is 8.99. The average Bonchev–Trinajstić information content (AvgIpc) is 3.01. The summed E-state index contributed by atoms with van der Waals surface area (Å²) in [7, 11) is 0. The van der Waals surface area contributed by atoms with Crippen LogP contribution in [-0.4, -0.2) is 44.4 Å². The van der Waals surface area contributed by atoms with E-state index in [0.717, 1.165) is 12.8 Å². The second kappa shape index (κ2) is 8.79. The number of imidazole rings is 1. The number of unbranched alkanes of at least 4 members (excludes halogenated alkanes) is 1. The van der Waals surface area contributed by atoms with Gasteiger partial charge in [0.2, 0.25) is 5.95 Å². The predicted molar refractivity (Wildman–Crippen MR) is 101 cm³/mol. The minimum absolute atomic E-state index is 0.0716. The van der Waals surface area contributed by atoms with Crippen molar-refractivity contribution in [2.24, 2.45) is 0 Å². The zero-order chi connectivity index (χ0) is 20.1. The lowest BCUT2D eigenvalue weighted by molar-refractivity contribution is 0.286. The lowest BCUT2D eigenvalue weighted by atomic mass is 10.2. The van der Waals surface area contributed by atoms with Crippen molar-refractivity contribution >= 4 is 22.9 Å². The summed E-state index contributed by atoms with van der Waals surface area (Å²) >= 11 is 0. The first kappa shape index (κ1) is 19.7. The molecule has 150 valence electrons. The van der Waals surface area contributed by atoms with Gasteiger partial charge >= 0.3 is 6.01 Å². The Morgan fingerprint density at radius 2 is 1.96 bits per heavy atom. The Labute approximate surface area is 160 Å². The summed E-state index contributed by atoms with van der Waals surface area (Å²) in [6.45, 7) is 2.32. The van der Waals surface area contributed by atoms with Gasteiger partial charge in [0.25, 0.3) is 0 Å². The molecule has 0 fully saturated rings. The fourth-order valence-corrected chi connectivity index (χ4v) is 2.67. The quantitative estimate of drug-likeness (QED) is 0.479. The number of nitrogens with two attached hydrogens (primary N) is 1. The van der Waals surface area contributed by atoms with Crippen LogP contribution < -0.4 is 15.8 Å². The minimum atomic E-state index is -0.684. The van der Waals surface area contributed by atoms with E-state index in [0.29, 0.717) is 6.61 Å². The van der Waals surface area contributed by atoms with Gasteiger partial charge in [0.1, 0.15) is 11.6 Å². The van der Waals surface area contributed by atoms with Crippen LogP contribution in [0.1, 0.15) is 25.3 Å². The van der Waals surface area contributed by atoms with Crippen LogP contribution in [0.15, 0.2) is 18.2 Å². The minimum Gasteiger partial charge on any atom is -0.463 e. The maximum atomic E-state index is 14.2. The molecule has 0 radical (unpaired) electrons. The van der Waals surface area contributed by atoms with E-state index in [2.05, 4.69) is 20.3 Å². The largest absolute Gasteiger partial charge is 0.463 e. The van der Waals surface area contributed by atoms with E-state index in [4.69, 9.17) is 15.6 Å². The number of aliphatic hydroxyl groups is 1. The summed E-state index contributed by atoms with van der Waals surface area (Å²) in [6, 6.07) is 3.73. The Bertz CT molecular complexity index is 943. The number of nitrogens with zero attached hydrogens (tertiary/aromatic N) is 4. The summed E-state index contributed by atoms with van der Waals surface area (Å²) in [5.41, 5.74) is 6.41. The van der Waals surface area contributed by atoms with E-state index in [1.807, 2.05) is 6.92 Å². The second-order valence-corrected chi connectivity index (χ2v) is 6.14. The summed E-state index contributed by atoms with van der Waals surface area (Å²) in [5, 5.41) is 12.0. The number of nitrogen functional groups attached to an aromatic ring is 1. The van der Waals surface area contributed by atoms with Crippen molar-refractivity contribution in [3.05, 3.63) is 35.4 Å². The van der Waals surface area contributed by atoms with Gasteiger partial charge in [0, 0.05) is 12.1 Å². The summed E-state index contributed by atoms with van der Waals surface area (Å²) in [6.07, 6.45) is 1.77. The first-order valence-corrected chi connectivity index (χ1v) is 8.99. The number of anilines is 2. The molecule has 0 amide bonds. The van der Waals surface area contributed by atoms with E-state index in [1.165, 1.54) is 22.8 Å². The van der Waals surface area contributed by atoms with Crippen molar-refractivity contribution < 1.29 is 18.6 Å². The van der Waals surface area contributed by atoms with Gasteiger partial charge in [-0.3, -0.25) is 4.57 Å². The molecule has 0 saturated carbocycles. The fraction of sp³-hybridized carbons (Fsp3) is 0.389. The molecule has 0 atom stereocenters. The highest BCUT2D eigenvalue weighted by Crippen LogP contribution is 2.26. The summed E-state index contributed by atoms with van der Waals surface area (Å²) in [4.78, 5) is 12.8. The van der Waals surface area contributed by atoms with Gasteiger partial charge in [-0.1, -0.05) is 19.4 Å². The maximum absolute atomic E-state index is 14.2. The van der Waals surface area contributed by atoms with Crippen LogP contribution in [0.5, 0.6) is 6.01 Å². The van der Waals surface area contributed by atoms with Crippen molar-refractivity contribution in [2.45, 2.75) is 26.3 Å². The molecule has 2 heterocycles. The maximum Gasteiger partial charge on any atom is 0.320 e. The van der Waals surface area contributed by atoms with Gasteiger partial charge in [0.05, 0.1) is 19.8 Å². The molecule has 0 spiro atoms. The predicted octanol–water partition coefficient (Wildman–Crippen LogP) is 2.32. The van der Waals surface area contributed by atoms with Gasteiger partial charge in [-0.15, -0.1) is 0 Å². The zero-order valence-electron chi connectivity index (χ0n) is 15.5. The van der Waals surface area contributed by atoms with E-state index >= 15 is 0 Å². The van der Waals surface area contributed by atoms with E-state index in [1.54, 1.807) is 0 Å². The van der Waals surface area contributed by atoms with Crippen LogP contribution >= 0.6 is 0 Å². The third kappa shape index (κ3) is 4.11. The van der Waals surface area contributed by atoms with Gasteiger partial charge in [-0.05, 0) is 18.6 Å². The molecule has 0 unspecified atom stereocenters. The number of hydrogen-bond acceptors (Lipinski definition) is 7. The molecule has 0 aliphatic rings. The Morgan fingerprint density at radius 1 is 1.21 bits per heavy atom. The van der Waals surface area contributed by atoms with Crippen LogP contribution in [0.2, 0.25) is 0 Å². The highest BCUT2D eigenvalue weighted by atomic mass is 19.1. The topological polar surface area (TPSA) is 111 Å². The van der Waals surface area contributed by atoms with Gasteiger partial charge in [-0.25, -0.2) is 13.8 Å². The molecule has 8 nitrogen and oxygen atoms in total. The van der Waals surface area contributed by atoms with Crippen molar-refractivity contribution in [3.8, 4) is 6.01 Å². The Kier molecular flexibility index (Phi) is 6.19. The molecule has 3 rings (SSSR count). The van der Waals surface area contributed by atoms with E-state index in [9.17, 15) is 8.78 Å². The Morgan fingerprint density at radius 3 is 2.64 bits per heavy atom. The highest BCUT2D eigenvalue weighted by Gasteiger charge is 2.20. The molecule has 0 aliphatic heterocycles. The fourth-order valence-electron chi connectivity index (χ4n) is 2.67. The number of hydrogen-bond donors (Lipinski definition) is 3. The Balaban J connectivity index is 2.08. The standard InChI is InChI=1S/C18H22F2N6O2/c1-2-3-9-28-18-24-15(21)14-16(25-18)26(17(23-14)22-7-8-27)10-11-12(19)5-4-6-13(11)20/h4-6,27H,2-3,7-10H2,1H3,(H,22,23)(H2,21,24,25). The smallest absolute Gasteiger partial charge is 0.320 e. The van der Waals surface area contributed by atoms with Crippen LogP contribution in [0, 0.1) is 11.6 Å². The molecule has 1 aromatic carbocycles. The summed E-state index contributed by atoms with van der Waals surface area (Å²) < 4.78 is 35.4. The van der Waals surface area contributed by atoms with E-state index in [-0.39, 0.29) is 54.2 Å². The third-order valence-electron chi connectivity index (χ3n) is 4.10. The monoisotopic (exact) mass is 392 g/mol.